The fourth-order valence-corrected chi connectivity index (χ4v) is 2.37. The molecule has 1 aromatic carbocycles. The van der Waals surface area contributed by atoms with Crippen molar-refractivity contribution in [3.63, 3.8) is 0 Å². The van der Waals surface area contributed by atoms with Crippen LogP contribution in [0, 0.1) is 5.92 Å². The van der Waals surface area contributed by atoms with Gasteiger partial charge < -0.3 is 15.4 Å². The first-order chi connectivity index (χ1) is 11.1. The topological polar surface area (TPSA) is 67.4 Å². The number of unbranched alkanes of at least 4 members (excludes halogenated alkanes) is 1. The molecular weight excluding hydrogens is 292 g/mol. The van der Waals surface area contributed by atoms with Crippen molar-refractivity contribution in [2.24, 2.45) is 5.92 Å². The molecule has 0 aliphatic rings. The normalized spacial score (nSPS) is 11.6. The van der Waals surface area contributed by atoms with E-state index in [1.54, 1.807) is 7.11 Å². The number of amides is 2. The highest BCUT2D eigenvalue weighted by Crippen LogP contribution is 2.16. The predicted molar refractivity (Wildman–Crippen MR) is 91.2 cm³/mol. The SMILES string of the molecule is CCCC[C@H](CC)CNC(=O)C(=O)NCc1ccccc1OC. The van der Waals surface area contributed by atoms with Gasteiger partial charge in [-0.1, -0.05) is 51.3 Å². The number of para-hydroxylation sites is 1. The Hall–Kier alpha value is -2.04. The fourth-order valence-electron chi connectivity index (χ4n) is 2.37. The lowest BCUT2D eigenvalue weighted by Crippen LogP contribution is -2.41. The molecule has 0 bridgehead atoms. The van der Waals surface area contributed by atoms with E-state index in [9.17, 15) is 9.59 Å². The maximum atomic E-state index is 11.9. The van der Waals surface area contributed by atoms with Gasteiger partial charge in [0.2, 0.25) is 0 Å². The van der Waals surface area contributed by atoms with Crippen LogP contribution in [0.25, 0.3) is 0 Å². The van der Waals surface area contributed by atoms with Crippen LogP contribution in [-0.4, -0.2) is 25.5 Å². The smallest absolute Gasteiger partial charge is 0.309 e. The quantitative estimate of drug-likeness (QED) is 0.687. The predicted octanol–water partition coefficient (Wildman–Crippen LogP) is 2.64. The summed E-state index contributed by atoms with van der Waals surface area (Å²) in [7, 11) is 1.58. The number of carbonyl (C=O) groups is 2. The Morgan fingerprint density at radius 3 is 2.48 bits per heavy atom. The summed E-state index contributed by atoms with van der Waals surface area (Å²) in [5.41, 5.74) is 0.838. The maximum Gasteiger partial charge on any atom is 0.309 e. The lowest BCUT2D eigenvalue weighted by Gasteiger charge is -2.15. The van der Waals surface area contributed by atoms with Crippen molar-refractivity contribution in [2.75, 3.05) is 13.7 Å². The molecule has 1 atom stereocenters. The maximum absolute atomic E-state index is 11.9. The molecule has 128 valence electrons. The Labute approximate surface area is 138 Å². The number of rotatable bonds is 9. The molecule has 2 amide bonds. The zero-order valence-electron chi connectivity index (χ0n) is 14.4. The minimum absolute atomic E-state index is 0.267. The summed E-state index contributed by atoms with van der Waals surface area (Å²) in [6, 6.07) is 7.40. The molecule has 1 rings (SSSR count). The highest BCUT2D eigenvalue weighted by atomic mass is 16.5. The van der Waals surface area contributed by atoms with Crippen LogP contribution in [0.4, 0.5) is 0 Å². The van der Waals surface area contributed by atoms with Crippen molar-refractivity contribution >= 4 is 11.8 Å². The van der Waals surface area contributed by atoms with E-state index in [2.05, 4.69) is 24.5 Å². The standard InChI is InChI=1S/C18H28N2O3/c1-4-6-9-14(5-2)12-19-17(21)18(22)20-13-15-10-7-8-11-16(15)23-3/h7-8,10-11,14H,4-6,9,12-13H2,1-3H3,(H,19,21)(H,20,22)/t14-/m0/s1. The first-order valence-corrected chi connectivity index (χ1v) is 8.30. The largest absolute Gasteiger partial charge is 0.496 e. The van der Waals surface area contributed by atoms with Gasteiger partial charge >= 0.3 is 11.8 Å². The summed E-state index contributed by atoms with van der Waals surface area (Å²) in [6.07, 6.45) is 4.37. The Kier molecular flexibility index (Phi) is 8.80. The third kappa shape index (κ3) is 6.72. The number of hydrogen-bond acceptors (Lipinski definition) is 3. The Morgan fingerprint density at radius 1 is 1.13 bits per heavy atom. The minimum Gasteiger partial charge on any atom is -0.496 e. The van der Waals surface area contributed by atoms with Crippen molar-refractivity contribution in [3.8, 4) is 5.75 Å². The van der Waals surface area contributed by atoms with Crippen molar-refractivity contribution in [1.29, 1.82) is 0 Å². The van der Waals surface area contributed by atoms with Crippen LogP contribution in [0.5, 0.6) is 5.75 Å². The highest BCUT2D eigenvalue weighted by Gasteiger charge is 2.15. The van der Waals surface area contributed by atoms with E-state index >= 15 is 0 Å². The molecule has 0 aliphatic heterocycles. The second-order valence-electron chi connectivity index (χ2n) is 5.62. The first kappa shape index (κ1) is 19.0. The summed E-state index contributed by atoms with van der Waals surface area (Å²) < 4.78 is 5.22. The van der Waals surface area contributed by atoms with E-state index in [0.29, 0.717) is 18.2 Å². The van der Waals surface area contributed by atoms with Crippen molar-refractivity contribution < 1.29 is 14.3 Å². The molecule has 1 aromatic rings. The highest BCUT2D eigenvalue weighted by molar-refractivity contribution is 6.35. The van der Waals surface area contributed by atoms with E-state index in [0.717, 1.165) is 31.2 Å². The van der Waals surface area contributed by atoms with E-state index in [1.807, 2.05) is 24.3 Å². The summed E-state index contributed by atoms with van der Waals surface area (Å²) in [4.78, 5) is 23.7. The molecule has 0 aliphatic carbocycles. The number of carbonyl (C=O) groups excluding carboxylic acids is 2. The molecule has 0 unspecified atom stereocenters. The number of hydrogen-bond donors (Lipinski definition) is 2. The first-order valence-electron chi connectivity index (χ1n) is 8.30. The molecule has 5 nitrogen and oxygen atoms in total. The molecule has 0 radical (unpaired) electrons. The molecular formula is C18H28N2O3. The molecule has 2 N–H and O–H groups in total. The van der Waals surface area contributed by atoms with E-state index < -0.39 is 11.8 Å². The average molecular weight is 320 g/mol. The van der Waals surface area contributed by atoms with Crippen LogP contribution in [0.2, 0.25) is 0 Å². The molecule has 0 spiro atoms. The van der Waals surface area contributed by atoms with Gasteiger partial charge in [0.25, 0.3) is 0 Å². The van der Waals surface area contributed by atoms with E-state index in [4.69, 9.17) is 4.74 Å². The van der Waals surface area contributed by atoms with Crippen molar-refractivity contribution in [1.82, 2.24) is 10.6 Å². The van der Waals surface area contributed by atoms with Gasteiger partial charge in [-0.05, 0) is 18.4 Å². The Bertz CT molecular complexity index is 503. The van der Waals surface area contributed by atoms with Gasteiger partial charge in [-0.3, -0.25) is 9.59 Å². The molecule has 23 heavy (non-hydrogen) atoms. The van der Waals surface area contributed by atoms with Crippen LogP contribution >= 0.6 is 0 Å². The van der Waals surface area contributed by atoms with Gasteiger partial charge in [-0.2, -0.15) is 0 Å². The van der Waals surface area contributed by atoms with Crippen LogP contribution in [-0.2, 0) is 16.1 Å². The second kappa shape index (κ2) is 10.6. The minimum atomic E-state index is -0.610. The van der Waals surface area contributed by atoms with E-state index in [-0.39, 0.29) is 6.54 Å². The van der Waals surface area contributed by atoms with Gasteiger partial charge in [0.1, 0.15) is 5.75 Å². The van der Waals surface area contributed by atoms with Gasteiger partial charge in [0.05, 0.1) is 7.11 Å². The van der Waals surface area contributed by atoms with Gasteiger partial charge in [0, 0.05) is 18.7 Å². The van der Waals surface area contributed by atoms with Crippen molar-refractivity contribution in [2.45, 2.75) is 46.1 Å². The number of ether oxygens (including phenoxy) is 1. The molecule has 0 heterocycles. The molecule has 0 saturated heterocycles. The number of benzene rings is 1. The van der Waals surface area contributed by atoms with Gasteiger partial charge in [0.15, 0.2) is 0 Å². The summed E-state index contributed by atoms with van der Waals surface area (Å²) >= 11 is 0. The zero-order valence-corrected chi connectivity index (χ0v) is 14.4. The third-order valence-corrected chi connectivity index (χ3v) is 3.93. The number of methoxy groups -OCH3 is 1. The second-order valence-corrected chi connectivity index (χ2v) is 5.62. The Morgan fingerprint density at radius 2 is 1.83 bits per heavy atom. The number of nitrogens with one attached hydrogen (secondary N) is 2. The summed E-state index contributed by atoms with van der Waals surface area (Å²) in [6.45, 7) is 5.07. The van der Waals surface area contributed by atoms with E-state index in [1.165, 1.54) is 0 Å². The monoisotopic (exact) mass is 320 g/mol. The summed E-state index contributed by atoms with van der Waals surface area (Å²) in [5.74, 6) is -0.0594. The summed E-state index contributed by atoms with van der Waals surface area (Å²) in [5, 5.41) is 5.35. The third-order valence-electron chi connectivity index (χ3n) is 3.93. The van der Waals surface area contributed by atoms with Crippen LogP contribution in [0.1, 0.15) is 45.1 Å². The lowest BCUT2D eigenvalue weighted by atomic mass is 9.99. The van der Waals surface area contributed by atoms with Crippen LogP contribution in [0.3, 0.4) is 0 Å². The molecule has 0 fully saturated rings. The molecule has 0 aromatic heterocycles. The fraction of sp³-hybridized carbons (Fsp3) is 0.556. The van der Waals surface area contributed by atoms with Gasteiger partial charge in [-0.15, -0.1) is 0 Å². The molecule has 0 saturated carbocycles. The molecule has 5 heteroatoms. The van der Waals surface area contributed by atoms with Crippen LogP contribution < -0.4 is 15.4 Å². The Balaban J connectivity index is 2.40. The van der Waals surface area contributed by atoms with Crippen LogP contribution in [0.15, 0.2) is 24.3 Å². The lowest BCUT2D eigenvalue weighted by molar-refractivity contribution is -0.139. The average Bonchev–Trinajstić information content (AvgIpc) is 2.59. The zero-order chi connectivity index (χ0) is 17.1. The van der Waals surface area contributed by atoms with Gasteiger partial charge in [-0.25, -0.2) is 0 Å². The van der Waals surface area contributed by atoms with Crippen molar-refractivity contribution in [3.05, 3.63) is 29.8 Å².